The van der Waals surface area contributed by atoms with Crippen LogP contribution in [0.3, 0.4) is 0 Å². The van der Waals surface area contributed by atoms with Crippen LogP contribution in [0, 0.1) is 0 Å². The molecule has 1 aromatic heterocycles. The maximum absolute atomic E-state index is 5.85. The van der Waals surface area contributed by atoms with E-state index in [1.54, 1.807) is 12.3 Å². The molecule has 1 aromatic rings. The first kappa shape index (κ1) is 14.3. The summed E-state index contributed by atoms with van der Waals surface area (Å²) in [5.74, 6) is 1.74. The molecule has 0 unspecified atom stereocenters. The number of hydrogen-bond donors (Lipinski definition) is 1. The Morgan fingerprint density at radius 2 is 2.06 bits per heavy atom. The summed E-state index contributed by atoms with van der Waals surface area (Å²) in [6.07, 6.45) is 1.71. The number of aromatic nitrogens is 2. The minimum atomic E-state index is -0.431. The first-order chi connectivity index (χ1) is 7.99. The lowest BCUT2D eigenvalue weighted by molar-refractivity contribution is 0.232. The monoisotopic (exact) mass is 277 g/mol. The van der Waals surface area contributed by atoms with Gasteiger partial charge >= 0.3 is 0 Å². The summed E-state index contributed by atoms with van der Waals surface area (Å²) in [7, 11) is 0. The van der Waals surface area contributed by atoms with Crippen LogP contribution in [-0.4, -0.2) is 33.4 Å². The van der Waals surface area contributed by atoms with E-state index in [1.807, 2.05) is 20.8 Å². The van der Waals surface area contributed by atoms with Gasteiger partial charge in [-0.05, 0) is 20.8 Å². The van der Waals surface area contributed by atoms with Gasteiger partial charge in [-0.25, -0.2) is 4.98 Å². The molecule has 1 N–H and O–H groups in total. The van der Waals surface area contributed by atoms with Crippen LogP contribution in [-0.2, 0) is 0 Å². The number of nitrogens with one attached hydrogen (secondary N) is 1. The fraction of sp³-hybridized carbons (Fsp3) is 0.636. The number of ether oxygens (including phenoxy) is 1. The highest BCUT2D eigenvalue weighted by atomic mass is 35.5. The molecule has 0 radical (unpaired) electrons. The Morgan fingerprint density at radius 1 is 1.41 bits per heavy atom. The number of alkyl halides is 2. The maximum Gasteiger partial charge on any atom is 0.226 e. The van der Waals surface area contributed by atoms with Crippen LogP contribution in [0.1, 0.15) is 20.8 Å². The van der Waals surface area contributed by atoms with Crippen molar-refractivity contribution in [1.82, 2.24) is 9.97 Å². The predicted octanol–water partition coefficient (Wildman–Crippen LogP) is 2.91. The first-order valence-corrected chi connectivity index (χ1v) is 6.46. The van der Waals surface area contributed by atoms with E-state index < -0.39 is 5.54 Å². The minimum absolute atomic E-state index is 0.0742. The molecule has 17 heavy (non-hydrogen) atoms. The van der Waals surface area contributed by atoms with Crippen molar-refractivity contribution >= 4 is 29.2 Å². The van der Waals surface area contributed by atoms with Crippen LogP contribution in [0.25, 0.3) is 0 Å². The minimum Gasteiger partial charge on any atom is -0.475 e. The molecule has 0 saturated carbocycles. The maximum atomic E-state index is 5.85. The number of halogens is 2. The summed E-state index contributed by atoms with van der Waals surface area (Å²) < 4.78 is 5.48. The van der Waals surface area contributed by atoms with Gasteiger partial charge in [0, 0.05) is 24.0 Å². The standard InChI is InChI=1S/C11H17Cl2N3O/c1-8(2)17-9-4-5-14-10(15-9)16-11(3,6-12)7-13/h4-5,8H,6-7H2,1-3H3,(H,14,15,16). The Morgan fingerprint density at radius 3 is 2.59 bits per heavy atom. The second-order valence-electron chi connectivity index (χ2n) is 4.34. The summed E-state index contributed by atoms with van der Waals surface area (Å²) >= 11 is 11.7. The van der Waals surface area contributed by atoms with Gasteiger partial charge in [-0.15, -0.1) is 23.2 Å². The Balaban J connectivity index is 2.78. The highest BCUT2D eigenvalue weighted by Crippen LogP contribution is 2.17. The molecule has 0 aromatic carbocycles. The molecule has 0 fully saturated rings. The second-order valence-corrected chi connectivity index (χ2v) is 4.87. The highest BCUT2D eigenvalue weighted by molar-refractivity contribution is 6.22. The Hall–Kier alpha value is -0.740. The zero-order valence-electron chi connectivity index (χ0n) is 10.2. The number of rotatable bonds is 6. The third-order valence-corrected chi connectivity index (χ3v) is 3.17. The molecule has 1 rings (SSSR count). The van der Waals surface area contributed by atoms with Gasteiger partial charge in [0.1, 0.15) is 0 Å². The fourth-order valence-electron chi connectivity index (χ4n) is 1.08. The van der Waals surface area contributed by atoms with Crippen molar-refractivity contribution in [2.24, 2.45) is 0 Å². The summed E-state index contributed by atoms with van der Waals surface area (Å²) in [5, 5.41) is 3.10. The number of hydrogen-bond acceptors (Lipinski definition) is 4. The average Bonchev–Trinajstić information content (AvgIpc) is 2.28. The molecule has 4 nitrogen and oxygen atoms in total. The molecule has 0 aliphatic heterocycles. The normalized spacial score (nSPS) is 11.6. The van der Waals surface area contributed by atoms with E-state index in [0.29, 0.717) is 23.6 Å². The fourth-order valence-corrected chi connectivity index (χ4v) is 1.50. The summed E-state index contributed by atoms with van der Waals surface area (Å²) in [4.78, 5) is 8.34. The van der Waals surface area contributed by atoms with Gasteiger partial charge in [0.2, 0.25) is 11.8 Å². The Labute approximate surface area is 112 Å². The molecule has 0 spiro atoms. The van der Waals surface area contributed by atoms with E-state index in [0.717, 1.165) is 0 Å². The molecule has 0 aliphatic carbocycles. The van der Waals surface area contributed by atoms with Crippen molar-refractivity contribution in [3.63, 3.8) is 0 Å². The van der Waals surface area contributed by atoms with E-state index in [9.17, 15) is 0 Å². The van der Waals surface area contributed by atoms with E-state index in [4.69, 9.17) is 27.9 Å². The summed E-state index contributed by atoms with van der Waals surface area (Å²) in [6, 6.07) is 1.71. The highest BCUT2D eigenvalue weighted by Gasteiger charge is 2.22. The Kier molecular flexibility index (Phi) is 5.28. The molecular formula is C11H17Cl2N3O. The van der Waals surface area contributed by atoms with Crippen LogP contribution in [0.4, 0.5) is 5.95 Å². The van der Waals surface area contributed by atoms with E-state index in [2.05, 4.69) is 15.3 Å². The molecule has 0 bridgehead atoms. The zero-order chi connectivity index (χ0) is 12.9. The largest absolute Gasteiger partial charge is 0.475 e. The third-order valence-electron chi connectivity index (χ3n) is 1.99. The van der Waals surface area contributed by atoms with Gasteiger partial charge in [0.25, 0.3) is 0 Å². The van der Waals surface area contributed by atoms with E-state index >= 15 is 0 Å². The molecule has 0 atom stereocenters. The lowest BCUT2D eigenvalue weighted by atomic mass is 10.1. The van der Waals surface area contributed by atoms with Crippen LogP contribution in [0.5, 0.6) is 5.88 Å². The zero-order valence-corrected chi connectivity index (χ0v) is 11.7. The number of anilines is 1. The van der Waals surface area contributed by atoms with Gasteiger partial charge in [0.15, 0.2) is 0 Å². The summed E-state index contributed by atoms with van der Waals surface area (Å²) in [5.41, 5.74) is -0.431. The Bertz CT molecular complexity index is 356. The van der Waals surface area contributed by atoms with Crippen molar-refractivity contribution in [1.29, 1.82) is 0 Å². The molecule has 0 saturated heterocycles. The van der Waals surface area contributed by atoms with Gasteiger partial charge in [-0.1, -0.05) is 0 Å². The molecule has 6 heteroatoms. The third kappa shape index (κ3) is 4.56. The topological polar surface area (TPSA) is 47.0 Å². The van der Waals surface area contributed by atoms with Crippen LogP contribution >= 0.6 is 23.2 Å². The van der Waals surface area contributed by atoms with E-state index in [1.165, 1.54) is 0 Å². The van der Waals surface area contributed by atoms with Crippen molar-refractivity contribution < 1.29 is 4.74 Å². The van der Waals surface area contributed by atoms with Crippen molar-refractivity contribution in [2.45, 2.75) is 32.4 Å². The van der Waals surface area contributed by atoms with Gasteiger partial charge in [-0.2, -0.15) is 4.98 Å². The van der Waals surface area contributed by atoms with E-state index in [-0.39, 0.29) is 6.10 Å². The molecule has 0 amide bonds. The van der Waals surface area contributed by atoms with Crippen LogP contribution < -0.4 is 10.1 Å². The molecular weight excluding hydrogens is 261 g/mol. The molecule has 1 heterocycles. The van der Waals surface area contributed by atoms with Gasteiger partial charge < -0.3 is 10.1 Å². The molecule has 0 aliphatic rings. The van der Waals surface area contributed by atoms with Gasteiger partial charge in [0.05, 0.1) is 11.6 Å². The van der Waals surface area contributed by atoms with Crippen LogP contribution in [0.15, 0.2) is 12.3 Å². The quantitative estimate of drug-likeness (QED) is 0.813. The molecule has 96 valence electrons. The van der Waals surface area contributed by atoms with Crippen molar-refractivity contribution in [3.8, 4) is 5.88 Å². The predicted molar refractivity (Wildman–Crippen MR) is 71.3 cm³/mol. The van der Waals surface area contributed by atoms with Gasteiger partial charge in [-0.3, -0.25) is 0 Å². The second kappa shape index (κ2) is 6.26. The van der Waals surface area contributed by atoms with Crippen LogP contribution in [0.2, 0.25) is 0 Å². The van der Waals surface area contributed by atoms with Crippen molar-refractivity contribution in [3.05, 3.63) is 12.3 Å². The SMILES string of the molecule is CC(C)Oc1ccnc(NC(C)(CCl)CCl)n1. The lowest BCUT2D eigenvalue weighted by Crippen LogP contribution is -2.39. The first-order valence-electron chi connectivity index (χ1n) is 5.39. The summed E-state index contributed by atoms with van der Waals surface area (Å²) in [6.45, 7) is 5.79. The average molecular weight is 278 g/mol. The smallest absolute Gasteiger partial charge is 0.226 e. The number of nitrogens with zero attached hydrogens (tertiary/aromatic N) is 2. The van der Waals surface area contributed by atoms with Crippen molar-refractivity contribution in [2.75, 3.05) is 17.1 Å². The lowest BCUT2D eigenvalue weighted by Gasteiger charge is -2.25.